The van der Waals surface area contributed by atoms with Crippen molar-refractivity contribution in [1.29, 1.82) is 0 Å². The summed E-state index contributed by atoms with van der Waals surface area (Å²) in [6, 6.07) is 10.1. The Morgan fingerprint density at radius 2 is 1.54 bits per heavy atom. The van der Waals surface area contributed by atoms with E-state index in [0.717, 1.165) is 31.9 Å². The molecule has 6 aliphatic rings. The summed E-state index contributed by atoms with van der Waals surface area (Å²) in [7, 11) is 0. The Labute approximate surface area is 346 Å². The molecule has 4 aromatic rings. The molecule has 17 heteroatoms. The van der Waals surface area contributed by atoms with Crippen molar-refractivity contribution in [3.63, 3.8) is 0 Å². The zero-order valence-corrected chi connectivity index (χ0v) is 33.2. The van der Waals surface area contributed by atoms with Crippen molar-refractivity contribution in [1.82, 2.24) is 29.9 Å². The molecule has 5 amide bonds. The highest BCUT2D eigenvalue weighted by Crippen LogP contribution is 2.46. The number of H-pyrrole nitrogens is 1. The molecule has 1 spiro atoms. The van der Waals surface area contributed by atoms with Crippen LogP contribution in [0.5, 0.6) is 0 Å². The summed E-state index contributed by atoms with van der Waals surface area (Å²) in [5, 5.41) is 3.02. The molecular formula is C44H42F5N7O5. The second kappa shape index (κ2) is 14.2. The molecule has 7 heterocycles. The molecule has 3 fully saturated rings. The molecule has 6 aliphatic heterocycles. The van der Waals surface area contributed by atoms with Crippen LogP contribution in [0.1, 0.15) is 87.3 Å². The summed E-state index contributed by atoms with van der Waals surface area (Å²) >= 11 is 0. The van der Waals surface area contributed by atoms with E-state index in [9.17, 15) is 37.1 Å². The molecule has 2 N–H and O–H groups in total. The van der Waals surface area contributed by atoms with Crippen molar-refractivity contribution in [2.24, 2.45) is 5.41 Å². The van der Waals surface area contributed by atoms with Crippen molar-refractivity contribution < 1.29 is 45.9 Å². The third-order valence-corrected chi connectivity index (χ3v) is 13.7. The molecule has 0 saturated carbocycles. The number of carbonyl (C=O) groups is 5. The number of amides is 5. The highest BCUT2D eigenvalue weighted by atomic mass is 19.4. The minimum atomic E-state index is -4.59. The van der Waals surface area contributed by atoms with Gasteiger partial charge in [0.25, 0.3) is 11.8 Å². The van der Waals surface area contributed by atoms with Gasteiger partial charge in [-0.2, -0.15) is 13.2 Å². The summed E-state index contributed by atoms with van der Waals surface area (Å²) in [6.07, 6.45) is -2.83. The highest BCUT2D eigenvalue weighted by Gasteiger charge is 2.49. The zero-order chi connectivity index (χ0) is 42.7. The van der Waals surface area contributed by atoms with E-state index >= 15 is 8.78 Å². The van der Waals surface area contributed by atoms with Crippen molar-refractivity contribution in [2.75, 3.05) is 44.2 Å². The maximum Gasteiger partial charge on any atom is 0.401 e. The molecule has 10 rings (SSSR count). The highest BCUT2D eigenvalue weighted by molar-refractivity contribution is 6.23. The number of nitrogens with one attached hydrogen (secondary N) is 2. The molecule has 0 radical (unpaired) electrons. The van der Waals surface area contributed by atoms with Gasteiger partial charge in [-0.15, -0.1) is 0 Å². The maximum atomic E-state index is 16.3. The SMILES string of the molecule is C[C@@H]1Cc2c([nH]c3ccccc23)[C@@H](c2c(F)cc(N3CCC4(CC3)CN(C(=O)CN3Cc5cc6c(cc5C3)C(=O)N(C3CCC(=O)NC3=O)C6=O)C4)cc2F)N1CC(F)(F)F. The third-order valence-electron chi connectivity index (χ3n) is 13.7. The van der Waals surface area contributed by atoms with Gasteiger partial charge in [0.2, 0.25) is 17.7 Å². The molecule has 0 aliphatic carbocycles. The Balaban J connectivity index is 0.772. The Morgan fingerprint density at radius 1 is 0.902 bits per heavy atom. The van der Waals surface area contributed by atoms with Gasteiger partial charge in [-0.1, -0.05) is 18.2 Å². The average Bonchev–Trinajstić information content (AvgIpc) is 3.84. The number of hydrogen-bond donors (Lipinski definition) is 2. The van der Waals surface area contributed by atoms with Crippen LogP contribution in [-0.2, 0) is 33.9 Å². The molecule has 12 nitrogen and oxygen atoms in total. The van der Waals surface area contributed by atoms with Gasteiger partial charge in [-0.25, -0.2) is 8.78 Å². The van der Waals surface area contributed by atoms with Crippen LogP contribution >= 0.6 is 0 Å². The Kier molecular flexibility index (Phi) is 9.18. The summed E-state index contributed by atoms with van der Waals surface area (Å²) in [5.41, 5.74) is 3.62. The number of piperidine rings is 2. The summed E-state index contributed by atoms with van der Waals surface area (Å²) in [6.45, 7) is 3.31. The largest absolute Gasteiger partial charge is 0.401 e. The van der Waals surface area contributed by atoms with Crippen molar-refractivity contribution >= 4 is 46.1 Å². The number of para-hydroxylation sites is 1. The fraction of sp³-hybridized carbons (Fsp3) is 0.432. The van der Waals surface area contributed by atoms with Gasteiger partial charge >= 0.3 is 6.18 Å². The molecule has 1 aromatic heterocycles. The summed E-state index contributed by atoms with van der Waals surface area (Å²) in [5.74, 6) is -4.14. The number of likely N-dealkylation sites (tertiary alicyclic amines) is 1. The number of carbonyl (C=O) groups excluding carboxylic acids is 5. The number of aromatic nitrogens is 1. The first-order valence-electron chi connectivity index (χ1n) is 20.6. The van der Waals surface area contributed by atoms with Gasteiger partial charge in [-0.3, -0.25) is 44.0 Å². The van der Waals surface area contributed by atoms with Crippen LogP contribution in [0.25, 0.3) is 10.9 Å². The number of rotatable bonds is 6. The van der Waals surface area contributed by atoms with Crippen LogP contribution in [0.15, 0.2) is 48.5 Å². The fourth-order valence-electron chi connectivity index (χ4n) is 10.6. The molecular weight excluding hydrogens is 802 g/mol. The van der Waals surface area contributed by atoms with Gasteiger partial charge in [-0.05, 0) is 79.6 Å². The summed E-state index contributed by atoms with van der Waals surface area (Å²) in [4.78, 5) is 75.0. The average molecular weight is 844 g/mol. The first kappa shape index (κ1) is 39.5. The van der Waals surface area contributed by atoms with E-state index in [2.05, 4.69) is 10.3 Å². The number of fused-ring (bicyclic) bond motifs is 5. The molecule has 3 saturated heterocycles. The number of anilines is 1. The smallest absolute Gasteiger partial charge is 0.371 e. The second-order valence-electron chi connectivity index (χ2n) is 17.6. The van der Waals surface area contributed by atoms with Gasteiger partial charge in [0.1, 0.15) is 17.7 Å². The van der Waals surface area contributed by atoms with Gasteiger partial charge in [0.05, 0.1) is 30.3 Å². The maximum absolute atomic E-state index is 16.3. The molecule has 0 bridgehead atoms. The molecule has 1 unspecified atom stereocenters. The molecule has 3 atom stereocenters. The van der Waals surface area contributed by atoms with Crippen LogP contribution in [0, 0.1) is 17.0 Å². The Hall–Kier alpha value is -5.68. The van der Waals surface area contributed by atoms with E-state index in [1.54, 1.807) is 36.1 Å². The number of halogens is 5. The minimum Gasteiger partial charge on any atom is -0.371 e. The van der Waals surface area contributed by atoms with E-state index in [1.165, 1.54) is 12.1 Å². The van der Waals surface area contributed by atoms with Crippen LogP contribution in [0.4, 0.5) is 27.6 Å². The lowest BCUT2D eigenvalue weighted by atomic mass is 9.72. The van der Waals surface area contributed by atoms with E-state index in [0.29, 0.717) is 75.4 Å². The first-order chi connectivity index (χ1) is 29.1. The lowest BCUT2D eigenvalue weighted by molar-refractivity contribution is -0.155. The van der Waals surface area contributed by atoms with Gasteiger partial charge in [0, 0.05) is 85.0 Å². The number of benzene rings is 3. The molecule has 61 heavy (non-hydrogen) atoms. The van der Waals surface area contributed by atoms with Crippen LogP contribution in [0.2, 0.25) is 0 Å². The molecule has 318 valence electrons. The van der Waals surface area contributed by atoms with E-state index < -0.39 is 71.7 Å². The van der Waals surface area contributed by atoms with Crippen molar-refractivity contribution in [3.05, 3.63) is 99.2 Å². The molecule has 3 aromatic carbocycles. The zero-order valence-electron chi connectivity index (χ0n) is 33.2. The van der Waals surface area contributed by atoms with E-state index in [1.807, 2.05) is 21.9 Å². The predicted molar refractivity (Wildman–Crippen MR) is 210 cm³/mol. The minimum absolute atomic E-state index is 0.0335. The Morgan fingerprint density at radius 3 is 2.16 bits per heavy atom. The van der Waals surface area contributed by atoms with E-state index in [4.69, 9.17) is 0 Å². The van der Waals surface area contributed by atoms with Crippen molar-refractivity contribution in [2.45, 2.75) is 76.4 Å². The normalized spacial score (nSPS) is 24.0. The fourth-order valence-corrected chi connectivity index (χ4v) is 10.6. The lowest BCUT2D eigenvalue weighted by Crippen LogP contribution is -2.63. The number of aromatic amines is 1. The topological polar surface area (TPSA) is 129 Å². The number of imide groups is 2. The van der Waals surface area contributed by atoms with Crippen molar-refractivity contribution in [3.8, 4) is 0 Å². The van der Waals surface area contributed by atoms with Crippen LogP contribution in [-0.4, -0.2) is 112 Å². The van der Waals surface area contributed by atoms with E-state index in [-0.39, 0.29) is 41.8 Å². The standard InChI is InChI=1S/C44H42F5N7O5/c1-23-12-28-27-4-2-3-5-33(27)50-38(28)39(55(23)22-44(47,48)49)37-31(45)15-26(16-32(37)46)53-10-8-43(9-11-53)20-54(21-43)36(58)19-52-17-24-13-29-30(14-25(24)18-52)42(61)56(41(29)60)34-6-7-35(57)51-40(34)59/h2-5,13-16,23,34,39,50H,6-12,17-22H2,1H3,(H,51,57,59)/t23-,34?,39-/m1/s1. The lowest BCUT2D eigenvalue weighted by Gasteiger charge is -2.54. The van der Waals surface area contributed by atoms with Gasteiger partial charge < -0.3 is 14.8 Å². The van der Waals surface area contributed by atoms with Crippen LogP contribution in [0.3, 0.4) is 0 Å². The Bertz CT molecular complexity index is 2490. The summed E-state index contributed by atoms with van der Waals surface area (Å²) < 4.78 is 74.3. The van der Waals surface area contributed by atoms with Gasteiger partial charge in [0.15, 0.2) is 0 Å². The van der Waals surface area contributed by atoms with Crippen LogP contribution < -0.4 is 10.2 Å². The first-order valence-corrected chi connectivity index (χ1v) is 20.6. The number of hydrogen-bond acceptors (Lipinski definition) is 8. The number of alkyl halides is 3. The monoisotopic (exact) mass is 843 g/mol. The quantitative estimate of drug-likeness (QED) is 0.201. The second-order valence-corrected chi connectivity index (χ2v) is 17.6. The predicted octanol–water partition coefficient (Wildman–Crippen LogP) is 5.19. The number of nitrogens with zero attached hydrogens (tertiary/aromatic N) is 5. The third kappa shape index (κ3) is 6.67.